The summed E-state index contributed by atoms with van der Waals surface area (Å²) in [7, 11) is 0. The van der Waals surface area contributed by atoms with Crippen LogP contribution in [0.2, 0.25) is 10.0 Å². The summed E-state index contributed by atoms with van der Waals surface area (Å²) in [6, 6.07) is 19.9. The minimum absolute atomic E-state index is 0.0774. The molecule has 55 heavy (non-hydrogen) atoms. The Morgan fingerprint density at radius 1 is 1.00 bits per heavy atom. The zero-order valence-electron chi connectivity index (χ0n) is 30.7. The van der Waals surface area contributed by atoms with Gasteiger partial charge in [-0.2, -0.15) is 5.26 Å². The molecule has 1 spiro atoms. The summed E-state index contributed by atoms with van der Waals surface area (Å²) in [6.07, 6.45) is 8.60. The van der Waals surface area contributed by atoms with Crippen molar-refractivity contribution in [3.8, 4) is 34.4 Å². The second kappa shape index (κ2) is 16.4. The fraction of sp³-hybridized carbons (Fsp3) is 0.419. The average Bonchev–Trinajstić information content (AvgIpc) is 3.78. The zero-order valence-corrected chi connectivity index (χ0v) is 32.2. The molecule has 12 heteroatoms. The lowest BCUT2D eigenvalue weighted by atomic mass is 9.62. The lowest BCUT2D eigenvalue weighted by molar-refractivity contribution is -0.128. The predicted molar refractivity (Wildman–Crippen MR) is 210 cm³/mol. The van der Waals surface area contributed by atoms with Crippen molar-refractivity contribution >= 4 is 29.1 Å². The predicted octanol–water partition coefficient (Wildman–Crippen LogP) is 7.17. The van der Waals surface area contributed by atoms with E-state index in [0.29, 0.717) is 64.4 Å². The lowest BCUT2D eigenvalue weighted by Gasteiger charge is -2.58. The normalized spacial score (nSPS) is 20.0. The van der Waals surface area contributed by atoms with Crippen LogP contribution >= 0.6 is 23.2 Å². The Labute approximate surface area is 331 Å². The van der Waals surface area contributed by atoms with Crippen molar-refractivity contribution < 1.29 is 24.1 Å². The van der Waals surface area contributed by atoms with Crippen molar-refractivity contribution in [3.63, 3.8) is 0 Å². The Morgan fingerprint density at radius 3 is 2.64 bits per heavy atom. The zero-order chi connectivity index (χ0) is 37.9. The van der Waals surface area contributed by atoms with Crippen LogP contribution in [0.15, 0.2) is 67.0 Å². The van der Waals surface area contributed by atoms with Gasteiger partial charge < -0.3 is 34.9 Å². The summed E-state index contributed by atoms with van der Waals surface area (Å²) in [5.74, 6) is 1.88. The van der Waals surface area contributed by atoms with Crippen LogP contribution in [0.4, 0.5) is 0 Å². The van der Waals surface area contributed by atoms with Gasteiger partial charge in [-0.3, -0.25) is 9.78 Å². The number of carbonyl (C=O) groups is 1. The first-order valence-electron chi connectivity index (χ1n) is 19.2. The maximum atomic E-state index is 11.7. The standard InChI is InChI=1S/C43H45Cl2N5O5/c44-36-15-29(22-48-23-30-8-11-41(52)49-30)39(54-24-28-14-27(19-46)20-47-21-28)16-40(36)55-37-10-9-33-32(4-1-5-34(33)37)35-6-2-7-38(42(35)45)53-13-3-12-50-25-43(26-50)17-31(51)18-43/h1-2,4-7,14-16,20-21,30-31,37,48,51H,3,8-13,17-18,22-26H2,(H,49,52)/t30-,37-/m0/s1. The lowest BCUT2D eigenvalue weighted by Crippen LogP contribution is -2.63. The topological polar surface area (TPSA) is 129 Å². The molecule has 4 aliphatic rings. The monoisotopic (exact) mass is 781 g/mol. The fourth-order valence-corrected chi connectivity index (χ4v) is 9.16. The van der Waals surface area contributed by atoms with Crippen molar-refractivity contribution in [2.45, 2.75) is 76.3 Å². The number of pyridine rings is 1. The van der Waals surface area contributed by atoms with E-state index in [1.807, 2.05) is 36.4 Å². The number of hydrogen-bond acceptors (Lipinski definition) is 9. The van der Waals surface area contributed by atoms with Gasteiger partial charge >= 0.3 is 0 Å². The number of rotatable bonds is 15. The van der Waals surface area contributed by atoms with E-state index in [-0.39, 0.29) is 30.8 Å². The first-order valence-corrected chi connectivity index (χ1v) is 19.9. The van der Waals surface area contributed by atoms with Crippen molar-refractivity contribution in [2.24, 2.45) is 5.41 Å². The molecule has 0 unspecified atom stereocenters. The van der Waals surface area contributed by atoms with Crippen LogP contribution in [-0.2, 0) is 24.4 Å². The molecule has 3 fully saturated rings. The van der Waals surface area contributed by atoms with E-state index in [1.165, 1.54) is 11.8 Å². The first kappa shape index (κ1) is 37.5. The number of halogens is 2. The van der Waals surface area contributed by atoms with Crippen LogP contribution in [0, 0.1) is 16.7 Å². The number of aliphatic hydroxyl groups is 1. The minimum atomic E-state index is -0.228. The number of nitrogens with zero attached hydrogens (tertiary/aromatic N) is 3. The van der Waals surface area contributed by atoms with E-state index in [9.17, 15) is 15.2 Å². The van der Waals surface area contributed by atoms with Gasteiger partial charge in [0, 0.05) is 85.8 Å². The molecule has 4 aromatic rings. The van der Waals surface area contributed by atoms with E-state index in [4.69, 9.17) is 37.4 Å². The Bertz CT molecular complexity index is 2090. The van der Waals surface area contributed by atoms with Crippen LogP contribution in [0.1, 0.15) is 72.4 Å². The number of benzene rings is 3. The van der Waals surface area contributed by atoms with Gasteiger partial charge in [0.2, 0.25) is 5.91 Å². The number of nitrogens with one attached hydrogen (secondary N) is 2. The van der Waals surface area contributed by atoms with Crippen LogP contribution in [0.5, 0.6) is 17.2 Å². The van der Waals surface area contributed by atoms with Gasteiger partial charge in [-0.25, -0.2) is 0 Å². The molecule has 0 radical (unpaired) electrons. The number of nitriles is 1. The third kappa shape index (κ3) is 8.42. The highest BCUT2D eigenvalue weighted by molar-refractivity contribution is 6.35. The number of amides is 1. The van der Waals surface area contributed by atoms with Gasteiger partial charge in [-0.05, 0) is 73.4 Å². The molecular formula is C43H45Cl2N5O5. The molecule has 1 aromatic heterocycles. The minimum Gasteiger partial charge on any atom is -0.492 e. The van der Waals surface area contributed by atoms with Crippen molar-refractivity contribution in [3.05, 3.63) is 105 Å². The number of fused-ring (bicyclic) bond motifs is 1. The molecule has 1 amide bonds. The smallest absolute Gasteiger partial charge is 0.220 e. The quantitative estimate of drug-likeness (QED) is 0.108. The molecule has 286 valence electrons. The Balaban J connectivity index is 0.948. The van der Waals surface area contributed by atoms with E-state index < -0.39 is 0 Å². The molecule has 2 aliphatic carbocycles. The van der Waals surface area contributed by atoms with E-state index in [1.54, 1.807) is 12.3 Å². The van der Waals surface area contributed by atoms with Crippen molar-refractivity contribution in [1.82, 2.24) is 20.5 Å². The van der Waals surface area contributed by atoms with E-state index in [2.05, 4.69) is 38.7 Å². The van der Waals surface area contributed by atoms with Crippen LogP contribution in [0.3, 0.4) is 0 Å². The maximum Gasteiger partial charge on any atom is 0.220 e. The molecule has 2 saturated heterocycles. The summed E-state index contributed by atoms with van der Waals surface area (Å²) < 4.78 is 19.2. The fourth-order valence-electron chi connectivity index (χ4n) is 8.64. The Hall–Kier alpha value is -4.37. The number of aromatic nitrogens is 1. The van der Waals surface area contributed by atoms with Crippen molar-refractivity contribution in [2.75, 3.05) is 32.8 Å². The summed E-state index contributed by atoms with van der Waals surface area (Å²) in [4.78, 5) is 18.3. The van der Waals surface area contributed by atoms with Crippen LogP contribution < -0.4 is 24.8 Å². The summed E-state index contributed by atoms with van der Waals surface area (Å²) in [5, 5.41) is 26.5. The molecule has 8 rings (SSSR count). The first-order chi connectivity index (χ1) is 26.8. The number of ether oxygens (including phenoxy) is 3. The maximum absolute atomic E-state index is 11.7. The molecule has 3 aromatic carbocycles. The Morgan fingerprint density at radius 2 is 1.84 bits per heavy atom. The second-order valence-electron chi connectivity index (χ2n) is 15.4. The van der Waals surface area contributed by atoms with Gasteiger partial charge in [-0.1, -0.05) is 53.5 Å². The molecule has 2 aliphatic heterocycles. The number of likely N-dealkylation sites (tertiary alicyclic amines) is 1. The highest BCUT2D eigenvalue weighted by Crippen LogP contribution is 2.48. The molecule has 3 N–H and O–H groups in total. The number of aliphatic hydroxyl groups excluding tert-OH is 1. The molecule has 10 nitrogen and oxygen atoms in total. The SMILES string of the molecule is N#Cc1cncc(COc2cc(O[C@H]3CCc4c(-c5cccc(OCCCN6CC7(CC(O)C7)C6)c5Cl)cccc43)c(Cl)cc2CNC[C@@H]2CCC(=O)N2)c1. The van der Waals surface area contributed by atoms with Gasteiger partial charge in [0.15, 0.2) is 0 Å². The highest BCUT2D eigenvalue weighted by Gasteiger charge is 2.51. The molecule has 2 atom stereocenters. The van der Waals surface area contributed by atoms with Crippen LogP contribution in [-0.4, -0.2) is 65.8 Å². The van der Waals surface area contributed by atoms with Crippen LogP contribution in [0.25, 0.3) is 11.1 Å². The summed E-state index contributed by atoms with van der Waals surface area (Å²) in [5.41, 5.74) is 6.73. The second-order valence-corrected chi connectivity index (χ2v) is 16.2. The van der Waals surface area contributed by atoms with Gasteiger partial charge in [0.25, 0.3) is 0 Å². The van der Waals surface area contributed by atoms with Crippen molar-refractivity contribution in [1.29, 1.82) is 5.26 Å². The third-order valence-corrected chi connectivity index (χ3v) is 12.0. The summed E-state index contributed by atoms with van der Waals surface area (Å²) >= 11 is 13.9. The highest BCUT2D eigenvalue weighted by atomic mass is 35.5. The molecule has 1 saturated carbocycles. The van der Waals surface area contributed by atoms with E-state index in [0.717, 1.165) is 86.0 Å². The Kier molecular flexibility index (Phi) is 11.2. The molecule has 0 bridgehead atoms. The van der Waals surface area contributed by atoms with Gasteiger partial charge in [-0.15, -0.1) is 0 Å². The molecule has 3 heterocycles. The summed E-state index contributed by atoms with van der Waals surface area (Å²) in [6.45, 7) is 5.03. The number of hydrogen-bond donors (Lipinski definition) is 3. The molecular weight excluding hydrogens is 737 g/mol. The van der Waals surface area contributed by atoms with E-state index >= 15 is 0 Å². The number of carbonyl (C=O) groups excluding carboxylic acids is 1. The largest absolute Gasteiger partial charge is 0.492 e. The van der Waals surface area contributed by atoms with Gasteiger partial charge in [0.1, 0.15) is 36.0 Å². The third-order valence-electron chi connectivity index (χ3n) is 11.3. The average molecular weight is 783 g/mol. The van der Waals surface area contributed by atoms with Gasteiger partial charge in [0.05, 0.1) is 28.3 Å².